The van der Waals surface area contributed by atoms with Gasteiger partial charge in [-0.25, -0.2) is 24.6 Å². The third kappa shape index (κ3) is 3.48. The summed E-state index contributed by atoms with van der Waals surface area (Å²) in [6.07, 6.45) is 10.7. The van der Waals surface area contributed by atoms with Gasteiger partial charge in [-0.2, -0.15) is 5.10 Å². The van der Waals surface area contributed by atoms with Crippen molar-refractivity contribution in [1.82, 2.24) is 34.7 Å². The van der Waals surface area contributed by atoms with E-state index >= 15 is 0 Å². The summed E-state index contributed by atoms with van der Waals surface area (Å²) < 4.78 is 1.59. The zero-order chi connectivity index (χ0) is 17.8. The molecule has 4 rings (SSSR count). The summed E-state index contributed by atoms with van der Waals surface area (Å²) in [6.45, 7) is 1.48. The third-order valence-electron chi connectivity index (χ3n) is 4.30. The summed E-state index contributed by atoms with van der Waals surface area (Å²) in [5.41, 5.74) is 0. The highest BCUT2D eigenvalue weighted by Crippen LogP contribution is 2.23. The number of hydrogen-bond acceptors (Lipinski definition) is 8. The molecule has 26 heavy (non-hydrogen) atoms. The van der Waals surface area contributed by atoms with E-state index in [4.69, 9.17) is 0 Å². The molecule has 0 spiro atoms. The first-order chi connectivity index (χ1) is 12.8. The topological polar surface area (TPSA) is 115 Å². The molecule has 1 fully saturated rings. The minimum atomic E-state index is -0.0510. The fourth-order valence-corrected chi connectivity index (χ4v) is 2.92. The molecule has 0 bridgehead atoms. The molecule has 0 aromatic carbocycles. The van der Waals surface area contributed by atoms with E-state index < -0.39 is 0 Å². The van der Waals surface area contributed by atoms with Gasteiger partial charge in [0.15, 0.2) is 11.6 Å². The van der Waals surface area contributed by atoms with E-state index in [-0.39, 0.29) is 11.8 Å². The summed E-state index contributed by atoms with van der Waals surface area (Å²) in [4.78, 5) is 35.0. The zero-order valence-corrected chi connectivity index (χ0v) is 13.9. The van der Waals surface area contributed by atoms with Gasteiger partial charge in [-0.15, -0.1) is 0 Å². The molecule has 1 aliphatic rings. The van der Waals surface area contributed by atoms with E-state index in [1.54, 1.807) is 29.6 Å². The minimum absolute atomic E-state index is 0.0175. The van der Waals surface area contributed by atoms with Gasteiger partial charge in [0.1, 0.15) is 24.8 Å². The van der Waals surface area contributed by atoms with Crippen LogP contribution in [0.4, 0.5) is 11.6 Å². The maximum absolute atomic E-state index is 12.4. The van der Waals surface area contributed by atoms with E-state index in [2.05, 4.69) is 40.2 Å². The van der Waals surface area contributed by atoms with Gasteiger partial charge in [-0.1, -0.05) is 0 Å². The monoisotopic (exact) mass is 351 g/mol. The highest BCUT2D eigenvalue weighted by Gasteiger charge is 2.26. The van der Waals surface area contributed by atoms with Crippen molar-refractivity contribution in [3.05, 3.63) is 43.6 Å². The van der Waals surface area contributed by atoms with Crippen molar-refractivity contribution in [3.8, 4) is 5.82 Å². The van der Waals surface area contributed by atoms with Crippen LogP contribution in [-0.4, -0.2) is 53.7 Å². The average Bonchev–Trinajstić information content (AvgIpc) is 3.24. The largest absolute Gasteiger partial charge is 0.356 e. The van der Waals surface area contributed by atoms with Crippen LogP contribution in [0.5, 0.6) is 0 Å². The van der Waals surface area contributed by atoms with Gasteiger partial charge in [0, 0.05) is 37.5 Å². The van der Waals surface area contributed by atoms with E-state index in [9.17, 15) is 4.79 Å². The predicted molar refractivity (Wildman–Crippen MR) is 92.5 cm³/mol. The molecule has 3 aromatic rings. The van der Waals surface area contributed by atoms with Gasteiger partial charge in [-0.05, 0) is 12.8 Å². The first-order valence-electron chi connectivity index (χ1n) is 8.28. The lowest BCUT2D eigenvalue weighted by molar-refractivity contribution is -0.120. The maximum atomic E-state index is 12.4. The van der Waals surface area contributed by atoms with Gasteiger partial charge < -0.3 is 10.2 Å². The molecule has 0 saturated carbocycles. The van der Waals surface area contributed by atoms with Crippen LogP contribution in [0, 0.1) is 5.92 Å². The second-order valence-corrected chi connectivity index (χ2v) is 5.92. The Kier molecular flexibility index (Phi) is 4.46. The molecule has 1 saturated heterocycles. The SMILES string of the molecule is O=C(Nc1cnccn1)C1CCN(c2cc(-n3cncn3)ncn2)CC1. The highest BCUT2D eigenvalue weighted by atomic mass is 16.1. The summed E-state index contributed by atoms with van der Waals surface area (Å²) >= 11 is 0. The van der Waals surface area contributed by atoms with Crippen molar-refractivity contribution >= 4 is 17.5 Å². The quantitative estimate of drug-likeness (QED) is 0.730. The molecule has 10 nitrogen and oxygen atoms in total. The number of nitrogens with one attached hydrogen (secondary N) is 1. The third-order valence-corrected chi connectivity index (χ3v) is 4.30. The molecule has 1 amide bonds. The number of piperidine rings is 1. The number of anilines is 2. The minimum Gasteiger partial charge on any atom is -0.356 e. The van der Waals surface area contributed by atoms with Crippen LogP contribution in [0.1, 0.15) is 12.8 Å². The number of hydrogen-bond donors (Lipinski definition) is 1. The molecular formula is C16H17N9O. The van der Waals surface area contributed by atoms with Crippen LogP contribution in [0.3, 0.4) is 0 Å². The summed E-state index contributed by atoms with van der Waals surface area (Å²) in [5, 5.41) is 6.90. The summed E-state index contributed by atoms with van der Waals surface area (Å²) in [7, 11) is 0. The van der Waals surface area contributed by atoms with Crippen LogP contribution < -0.4 is 10.2 Å². The first-order valence-corrected chi connectivity index (χ1v) is 8.28. The number of carbonyl (C=O) groups is 1. The molecule has 0 aliphatic carbocycles. The molecule has 132 valence electrons. The van der Waals surface area contributed by atoms with Crippen LogP contribution in [0.15, 0.2) is 43.6 Å². The Morgan fingerprint density at radius 2 is 1.88 bits per heavy atom. The molecule has 4 heterocycles. The standard InChI is InChI=1S/C16H17N9O/c26-16(23-13-8-17-3-4-19-13)12-1-5-24(6-2-12)14-7-15(21-10-20-14)25-11-18-9-22-25/h3-4,7-12H,1-2,5-6H2,(H,19,23,26). The van der Waals surface area contributed by atoms with Crippen molar-refractivity contribution in [3.63, 3.8) is 0 Å². The van der Waals surface area contributed by atoms with Crippen molar-refractivity contribution in [2.45, 2.75) is 12.8 Å². The van der Waals surface area contributed by atoms with Gasteiger partial charge in [0.25, 0.3) is 0 Å². The highest BCUT2D eigenvalue weighted by molar-refractivity contribution is 5.91. The predicted octanol–water partition coefficient (Wildman–Crippen LogP) is 0.702. The van der Waals surface area contributed by atoms with Gasteiger partial charge in [-0.3, -0.25) is 9.78 Å². The molecule has 1 N–H and O–H groups in total. The van der Waals surface area contributed by atoms with E-state index in [0.717, 1.165) is 31.7 Å². The fraction of sp³-hybridized carbons (Fsp3) is 0.312. The molecule has 0 unspecified atom stereocenters. The van der Waals surface area contributed by atoms with Gasteiger partial charge >= 0.3 is 0 Å². The van der Waals surface area contributed by atoms with Crippen LogP contribution in [-0.2, 0) is 4.79 Å². The molecule has 0 radical (unpaired) electrons. The Bertz CT molecular complexity index is 860. The smallest absolute Gasteiger partial charge is 0.228 e. The van der Waals surface area contributed by atoms with Crippen molar-refractivity contribution in [1.29, 1.82) is 0 Å². The van der Waals surface area contributed by atoms with E-state index in [1.165, 1.54) is 12.7 Å². The Hall–Kier alpha value is -3.43. The lowest BCUT2D eigenvalue weighted by atomic mass is 9.96. The molecule has 0 atom stereocenters. The number of nitrogens with zero attached hydrogens (tertiary/aromatic N) is 8. The van der Waals surface area contributed by atoms with Crippen LogP contribution in [0.2, 0.25) is 0 Å². The molecule has 10 heteroatoms. The Labute approximate surface area is 149 Å². The number of rotatable bonds is 4. The van der Waals surface area contributed by atoms with Gasteiger partial charge in [0.05, 0.1) is 6.20 Å². The fourth-order valence-electron chi connectivity index (χ4n) is 2.92. The lowest BCUT2D eigenvalue weighted by Crippen LogP contribution is -2.38. The van der Waals surface area contributed by atoms with Gasteiger partial charge in [0.2, 0.25) is 5.91 Å². The maximum Gasteiger partial charge on any atom is 0.228 e. The molecular weight excluding hydrogens is 334 g/mol. The Morgan fingerprint density at radius 1 is 1.04 bits per heavy atom. The Morgan fingerprint density at radius 3 is 2.62 bits per heavy atom. The van der Waals surface area contributed by atoms with Crippen LogP contribution >= 0.6 is 0 Å². The second-order valence-electron chi connectivity index (χ2n) is 5.92. The zero-order valence-electron chi connectivity index (χ0n) is 13.9. The average molecular weight is 351 g/mol. The molecule has 1 aliphatic heterocycles. The van der Waals surface area contributed by atoms with Crippen molar-refractivity contribution in [2.75, 3.05) is 23.3 Å². The lowest BCUT2D eigenvalue weighted by Gasteiger charge is -2.32. The normalized spacial score (nSPS) is 15.0. The van der Waals surface area contributed by atoms with E-state index in [0.29, 0.717) is 11.6 Å². The molecule has 3 aromatic heterocycles. The van der Waals surface area contributed by atoms with Crippen molar-refractivity contribution in [2.24, 2.45) is 5.92 Å². The first kappa shape index (κ1) is 16.1. The number of amides is 1. The summed E-state index contributed by atoms with van der Waals surface area (Å²) in [6, 6.07) is 1.87. The number of aromatic nitrogens is 7. The van der Waals surface area contributed by atoms with Crippen LogP contribution in [0.25, 0.3) is 5.82 Å². The number of carbonyl (C=O) groups excluding carboxylic acids is 1. The summed E-state index contributed by atoms with van der Waals surface area (Å²) in [5.74, 6) is 1.89. The second kappa shape index (κ2) is 7.21. The Balaban J connectivity index is 1.38. The van der Waals surface area contributed by atoms with E-state index in [1.807, 2.05) is 6.07 Å². The van der Waals surface area contributed by atoms with Crippen molar-refractivity contribution < 1.29 is 4.79 Å².